The molecule has 2 unspecified atom stereocenters. The average molecular weight is 233 g/mol. The second-order valence-electron chi connectivity index (χ2n) is 5.80. The van der Waals surface area contributed by atoms with Crippen molar-refractivity contribution in [3.05, 3.63) is 11.7 Å². The fourth-order valence-electron chi connectivity index (χ4n) is 3.82. The minimum absolute atomic E-state index is 0.521. The number of nitrogens with zero attached hydrogens (tertiary/aromatic N) is 2. The molecule has 4 heteroatoms. The van der Waals surface area contributed by atoms with Gasteiger partial charge in [0, 0.05) is 11.8 Å². The molecule has 0 amide bonds. The third-order valence-corrected chi connectivity index (χ3v) is 4.85. The van der Waals surface area contributed by atoms with Crippen molar-refractivity contribution in [1.82, 2.24) is 15.5 Å². The van der Waals surface area contributed by atoms with E-state index in [4.69, 9.17) is 4.52 Å². The number of hydrogen-bond donors (Lipinski definition) is 1. The van der Waals surface area contributed by atoms with Gasteiger partial charge in [-0.25, -0.2) is 0 Å². The Bertz CT molecular complexity index is 384. The van der Waals surface area contributed by atoms with Gasteiger partial charge >= 0.3 is 0 Å². The second kappa shape index (κ2) is 3.80. The van der Waals surface area contributed by atoms with Gasteiger partial charge in [-0.05, 0) is 50.6 Å². The smallest absolute Gasteiger partial charge is 0.230 e. The maximum Gasteiger partial charge on any atom is 0.230 e. The molecule has 2 atom stereocenters. The summed E-state index contributed by atoms with van der Waals surface area (Å²) in [7, 11) is 0. The predicted molar refractivity (Wildman–Crippen MR) is 62.7 cm³/mol. The van der Waals surface area contributed by atoms with Crippen molar-refractivity contribution in [2.24, 2.45) is 11.8 Å². The number of nitrogens with one attached hydrogen (secondary N) is 1. The zero-order valence-electron chi connectivity index (χ0n) is 10.1. The lowest BCUT2D eigenvalue weighted by atomic mass is 9.98. The summed E-state index contributed by atoms with van der Waals surface area (Å²) >= 11 is 0. The van der Waals surface area contributed by atoms with E-state index in [0.717, 1.165) is 49.5 Å². The van der Waals surface area contributed by atoms with Crippen LogP contribution in [-0.4, -0.2) is 23.2 Å². The molecule has 3 fully saturated rings. The van der Waals surface area contributed by atoms with E-state index >= 15 is 0 Å². The van der Waals surface area contributed by atoms with Crippen molar-refractivity contribution >= 4 is 0 Å². The van der Waals surface area contributed by atoms with Gasteiger partial charge in [0.05, 0.1) is 0 Å². The van der Waals surface area contributed by atoms with Crippen LogP contribution in [0.3, 0.4) is 0 Å². The van der Waals surface area contributed by atoms with E-state index in [1.165, 1.54) is 19.3 Å². The first kappa shape index (κ1) is 10.1. The first-order chi connectivity index (χ1) is 8.43. The van der Waals surface area contributed by atoms with Crippen molar-refractivity contribution in [1.29, 1.82) is 0 Å². The summed E-state index contributed by atoms with van der Waals surface area (Å²) in [5.41, 5.74) is 0. The number of fused-ring (bicyclic) bond motifs is 1. The number of rotatable bonds is 2. The van der Waals surface area contributed by atoms with Crippen molar-refractivity contribution in [2.45, 2.75) is 43.9 Å². The van der Waals surface area contributed by atoms with Crippen LogP contribution in [-0.2, 0) is 0 Å². The molecule has 1 saturated heterocycles. The first-order valence-corrected chi connectivity index (χ1v) is 6.97. The summed E-state index contributed by atoms with van der Waals surface area (Å²) in [6, 6.07) is 0. The van der Waals surface area contributed by atoms with Crippen LogP contribution in [0.2, 0.25) is 0 Å². The van der Waals surface area contributed by atoms with Crippen LogP contribution in [0.4, 0.5) is 0 Å². The second-order valence-corrected chi connectivity index (χ2v) is 5.80. The third-order valence-electron chi connectivity index (χ3n) is 4.85. The van der Waals surface area contributed by atoms with Gasteiger partial charge in [-0.3, -0.25) is 0 Å². The summed E-state index contributed by atoms with van der Waals surface area (Å²) in [5, 5.41) is 7.59. The molecule has 1 aromatic heterocycles. The molecule has 1 aliphatic heterocycles. The monoisotopic (exact) mass is 233 g/mol. The number of piperidine rings is 1. The Morgan fingerprint density at radius 2 is 1.82 bits per heavy atom. The molecule has 2 saturated carbocycles. The Balaban J connectivity index is 1.49. The van der Waals surface area contributed by atoms with Crippen LogP contribution in [0.5, 0.6) is 0 Å². The molecule has 92 valence electrons. The van der Waals surface area contributed by atoms with Gasteiger partial charge in [0.25, 0.3) is 0 Å². The SMILES string of the molecule is C1CC2C(C1)C2c1nc(C2CCNCC2)no1. The molecular formula is C13H19N3O. The van der Waals surface area contributed by atoms with Crippen molar-refractivity contribution in [3.8, 4) is 0 Å². The van der Waals surface area contributed by atoms with Gasteiger partial charge in [-0.2, -0.15) is 4.98 Å². The summed E-state index contributed by atoms with van der Waals surface area (Å²) < 4.78 is 5.50. The lowest BCUT2D eigenvalue weighted by Gasteiger charge is -2.18. The molecule has 17 heavy (non-hydrogen) atoms. The van der Waals surface area contributed by atoms with E-state index in [2.05, 4.69) is 15.5 Å². The molecule has 0 bridgehead atoms. The first-order valence-electron chi connectivity index (χ1n) is 6.97. The zero-order valence-corrected chi connectivity index (χ0v) is 10.1. The van der Waals surface area contributed by atoms with Gasteiger partial charge in [0.2, 0.25) is 5.89 Å². The highest BCUT2D eigenvalue weighted by Crippen LogP contribution is 2.62. The minimum Gasteiger partial charge on any atom is -0.339 e. The molecule has 2 aliphatic carbocycles. The maximum atomic E-state index is 5.50. The van der Waals surface area contributed by atoms with Crippen molar-refractivity contribution in [3.63, 3.8) is 0 Å². The minimum atomic E-state index is 0.521. The summed E-state index contributed by atoms with van der Waals surface area (Å²) in [6.45, 7) is 2.17. The van der Waals surface area contributed by atoms with Gasteiger partial charge in [-0.15, -0.1) is 0 Å². The Morgan fingerprint density at radius 1 is 1.06 bits per heavy atom. The number of aromatic nitrogens is 2. The summed E-state index contributed by atoms with van der Waals surface area (Å²) in [4.78, 5) is 4.67. The van der Waals surface area contributed by atoms with E-state index in [-0.39, 0.29) is 0 Å². The Kier molecular flexibility index (Phi) is 2.25. The van der Waals surface area contributed by atoms with Crippen LogP contribution in [0, 0.1) is 11.8 Å². The molecule has 0 spiro atoms. The van der Waals surface area contributed by atoms with Crippen molar-refractivity contribution in [2.75, 3.05) is 13.1 Å². The number of hydrogen-bond acceptors (Lipinski definition) is 4. The molecule has 2 heterocycles. The molecule has 0 radical (unpaired) electrons. The van der Waals surface area contributed by atoms with E-state index in [1.54, 1.807) is 0 Å². The summed E-state index contributed by atoms with van der Waals surface area (Å²) in [6.07, 6.45) is 6.45. The lowest BCUT2D eigenvalue weighted by molar-refractivity contribution is 0.353. The van der Waals surface area contributed by atoms with Crippen LogP contribution >= 0.6 is 0 Å². The molecule has 4 rings (SSSR count). The highest BCUT2D eigenvalue weighted by molar-refractivity contribution is 5.16. The predicted octanol–water partition coefficient (Wildman–Crippen LogP) is 2.05. The normalized spacial score (nSPS) is 37.1. The zero-order chi connectivity index (χ0) is 11.2. The molecule has 4 nitrogen and oxygen atoms in total. The highest BCUT2D eigenvalue weighted by atomic mass is 16.5. The quantitative estimate of drug-likeness (QED) is 0.849. The third kappa shape index (κ3) is 1.61. The van der Waals surface area contributed by atoms with E-state index < -0.39 is 0 Å². The molecule has 3 aliphatic rings. The fourth-order valence-corrected chi connectivity index (χ4v) is 3.82. The Labute approximate surface area is 101 Å². The van der Waals surface area contributed by atoms with Gasteiger partial charge < -0.3 is 9.84 Å². The topological polar surface area (TPSA) is 51.0 Å². The Morgan fingerprint density at radius 3 is 2.59 bits per heavy atom. The average Bonchev–Trinajstić information content (AvgIpc) is 2.81. The van der Waals surface area contributed by atoms with E-state index in [9.17, 15) is 0 Å². The van der Waals surface area contributed by atoms with Gasteiger partial charge in [0.1, 0.15) is 0 Å². The van der Waals surface area contributed by atoms with Gasteiger partial charge in [-0.1, -0.05) is 11.6 Å². The van der Waals surface area contributed by atoms with Crippen LogP contribution in [0.1, 0.15) is 55.7 Å². The van der Waals surface area contributed by atoms with Gasteiger partial charge in [0.15, 0.2) is 5.82 Å². The molecule has 1 N–H and O–H groups in total. The van der Waals surface area contributed by atoms with E-state index in [1.807, 2.05) is 0 Å². The fraction of sp³-hybridized carbons (Fsp3) is 0.846. The standard InChI is InChI=1S/C13H19N3O/c1-2-9-10(3-1)11(9)13-15-12(16-17-13)8-4-6-14-7-5-8/h8-11,14H,1-7H2. The molecule has 1 aromatic rings. The van der Waals surface area contributed by atoms with Crippen LogP contribution in [0.25, 0.3) is 0 Å². The maximum absolute atomic E-state index is 5.50. The van der Waals surface area contributed by atoms with E-state index in [0.29, 0.717) is 11.8 Å². The Hall–Kier alpha value is -0.900. The highest BCUT2D eigenvalue weighted by Gasteiger charge is 2.56. The van der Waals surface area contributed by atoms with Crippen LogP contribution in [0.15, 0.2) is 4.52 Å². The summed E-state index contributed by atoms with van der Waals surface area (Å²) in [5.74, 6) is 4.78. The molecular weight excluding hydrogens is 214 g/mol. The molecule has 0 aromatic carbocycles. The van der Waals surface area contributed by atoms with Crippen LogP contribution < -0.4 is 5.32 Å². The lowest BCUT2D eigenvalue weighted by Crippen LogP contribution is -2.27. The largest absolute Gasteiger partial charge is 0.339 e. The van der Waals surface area contributed by atoms with Crippen molar-refractivity contribution < 1.29 is 4.52 Å².